The summed E-state index contributed by atoms with van der Waals surface area (Å²) in [5.74, 6) is 3.35. The average molecular weight is 439 g/mol. The molecule has 3 nitrogen and oxygen atoms in total. The Labute approximate surface area is 192 Å². The number of amides is 1. The molecule has 4 heteroatoms. The molecule has 0 spiro atoms. The number of nitrogens with zero attached hydrogens (tertiary/aromatic N) is 1. The van der Waals surface area contributed by atoms with Crippen LogP contribution in [0.3, 0.4) is 0 Å². The Hall–Kier alpha value is -1.78. The molecule has 3 rings (SSSR count). The van der Waals surface area contributed by atoms with Gasteiger partial charge < -0.3 is 10.0 Å². The largest absolute Gasteiger partial charge is 0.395 e. The Kier molecular flexibility index (Phi) is 8.62. The lowest BCUT2D eigenvalue weighted by atomic mass is 9.73. The lowest BCUT2D eigenvalue weighted by Gasteiger charge is -2.42. The minimum atomic E-state index is -0.845. The lowest BCUT2D eigenvalue weighted by molar-refractivity contribution is -0.140. The molecule has 0 saturated carbocycles. The fourth-order valence-corrected chi connectivity index (χ4v) is 5.67. The van der Waals surface area contributed by atoms with Gasteiger partial charge in [-0.25, -0.2) is 0 Å². The highest BCUT2D eigenvalue weighted by molar-refractivity contribution is 7.98. The van der Waals surface area contributed by atoms with Gasteiger partial charge in [0.2, 0.25) is 5.91 Å². The minimum absolute atomic E-state index is 0.0853. The summed E-state index contributed by atoms with van der Waals surface area (Å²) in [6.07, 6.45) is 4.70. The van der Waals surface area contributed by atoms with Gasteiger partial charge in [0.25, 0.3) is 0 Å². The number of aliphatic hydroxyl groups excluding tert-OH is 1. The molecule has 0 aliphatic carbocycles. The van der Waals surface area contributed by atoms with E-state index in [4.69, 9.17) is 0 Å². The van der Waals surface area contributed by atoms with Gasteiger partial charge in [0.15, 0.2) is 0 Å². The van der Waals surface area contributed by atoms with Crippen LogP contribution >= 0.6 is 11.8 Å². The molecule has 1 heterocycles. The Morgan fingerprint density at radius 2 is 1.65 bits per heavy atom. The van der Waals surface area contributed by atoms with E-state index in [-0.39, 0.29) is 12.5 Å². The quantitative estimate of drug-likeness (QED) is 0.577. The van der Waals surface area contributed by atoms with Gasteiger partial charge in [0.05, 0.1) is 12.0 Å². The average Bonchev–Trinajstić information content (AvgIpc) is 2.81. The second kappa shape index (κ2) is 11.2. The third-order valence-corrected chi connectivity index (χ3v) is 7.43. The molecule has 1 amide bonds. The molecule has 167 valence electrons. The molecule has 2 atom stereocenters. The zero-order valence-electron chi connectivity index (χ0n) is 19.1. The topological polar surface area (TPSA) is 40.5 Å². The second-order valence-corrected chi connectivity index (χ2v) is 9.93. The van der Waals surface area contributed by atoms with Crippen molar-refractivity contribution in [1.82, 2.24) is 4.90 Å². The molecule has 31 heavy (non-hydrogen) atoms. The Morgan fingerprint density at radius 3 is 2.16 bits per heavy atom. The van der Waals surface area contributed by atoms with Crippen molar-refractivity contribution < 1.29 is 9.90 Å². The summed E-state index contributed by atoms with van der Waals surface area (Å²) in [6.45, 7) is 5.82. The van der Waals surface area contributed by atoms with Crippen LogP contribution in [0, 0.1) is 11.8 Å². The summed E-state index contributed by atoms with van der Waals surface area (Å²) in [6, 6.07) is 20.6. The van der Waals surface area contributed by atoms with Crippen LogP contribution in [0.4, 0.5) is 0 Å². The van der Waals surface area contributed by atoms with E-state index in [9.17, 15) is 9.90 Å². The molecule has 2 aromatic carbocycles. The maximum atomic E-state index is 13.8. The molecule has 1 N–H and O–H groups in total. The molecule has 0 bridgehead atoms. The van der Waals surface area contributed by atoms with Gasteiger partial charge in [0.1, 0.15) is 0 Å². The van der Waals surface area contributed by atoms with Crippen LogP contribution in [-0.4, -0.2) is 47.6 Å². The summed E-state index contributed by atoms with van der Waals surface area (Å²) < 4.78 is 0. The molecule has 1 saturated heterocycles. The maximum Gasteiger partial charge on any atom is 0.235 e. The van der Waals surface area contributed by atoms with Gasteiger partial charge >= 0.3 is 0 Å². The molecule has 1 aliphatic rings. The van der Waals surface area contributed by atoms with Crippen molar-refractivity contribution in [2.75, 3.05) is 31.7 Å². The third-order valence-electron chi connectivity index (χ3n) is 6.82. The number of thioether (sulfide) groups is 1. The van der Waals surface area contributed by atoms with Gasteiger partial charge in [-0.2, -0.15) is 11.8 Å². The normalized spacial score (nSPS) is 18.0. The highest BCUT2D eigenvalue weighted by Gasteiger charge is 2.43. The van der Waals surface area contributed by atoms with E-state index in [1.165, 1.54) is 11.5 Å². The summed E-state index contributed by atoms with van der Waals surface area (Å²) in [7, 11) is 0. The van der Waals surface area contributed by atoms with Gasteiger partial charge in [-0.05, 0) is 60.2 Å². The first-order valence-corrected chi connectivity index (χ1v) is 12.7. The lowest BCUT2D eigenvalue weighted by Crippen LogP contribution is -2.52. The van der Waals surface area contributed by atoms with E-state index < -0.39 is 5.41 Å². The molecule has 0 aromatic heterocycles. The zero-order valence-corrected chi connectivity index (χ0v) is 19.9. The summed E-state index contributed by atoms with van der Waals surface area (Å²) in [4.78, 5) is 15.8. The van der Waals surface area contributed by atoms with Crippen LogP contribution in [-0.2, 0) is 10.2 Å². The van der Waals surface area contributed by atoms with Gasteiger partial charge in [-0.3, -0.25) is 4.79 Å². The number of likely N-dealkylation sites (tertiary alicyclic amines) is 1. The van der Waals surface area contributed by atoms with Crippen LogP contribution in [0.25, 0.3) is 0 Å². The van der Waals surface area contributed by atoms with Crippen LogP contribution in [0.1, 0.15) is 50.2 Å². The molecule has 1 fully saturated rings. The number of carbonyl (C=O) groups excluding carboxylic acids is 1. The van der Waals surface area contributed by atoms with Gasteiger partial charge in [0, 0.05) is 13.1 Å². The molecule has 2 aromatic rings. The Bertz CT molecular complexity index is 803. The van der Waals surface area contributed by atoms with E-state index in [1.807, 2.05) is 35.2 Å². The maximum absolute atomic E-state index is 13.8. The first-order valence-electron chi connectivity index (χ1n) is 11.3. The van der Waals surface area contributed by atoms with E-state index in [2.05, 4.69) is 50.4 Å². The van der Waals surface area contributed by atoms with E-state index in [0.717, 1.165) is 37.2 Å². The Balaban J connectivity index is 1.77. The standard InChI is InChI=1S/C27H36NO2S/c1-21(2)25(22-10-6-4-7-11-22)23-14-17-28(18-15-23)26(30)27(20-29,16-19-31-3)24-12-8-5-9-13-24/h4-13,23,25,29H,14-20H2,1-3H3. The summed E-state index contributed by atoms with van der Waals surface area (Å²) >= 11 is 1.72. The zero-order chi connectivity index (χ0) is 22.3. The predicted octanol–water partition coefficient (Wildman–Crippen LogP) is 5.31. The monoisotopic (exact) mass is 438 g/mol. The molecule has 2 unspecified atom stereocenters. The van der Waals surface area contributed by atoms with Crippen molar-refractivity contribution in [2.45, 2.75) is 44.4 Å². The van der Waals surface area contributed by atoms with Crippen molar-refractivity contribution in [3.8, 4) is 0 Å². The predicted molar refractivity (Wildman–Crippen MR) is 131 cm³/mol. The second-order valence-electron chi connectivity index (χ2n) is 8.94. The third kappa shape index (κ3) is 5.35. The minimum Gasteiger partial charge on any atom is -0.395 e. The van der Waals surface area contributed by atoms with Crippen molar-refractivity contribution >= 4 is 17.7 Å². The van der Waals surface area contributed by atoms with Crippen molar-refractivity contribution in [2.24, 2.45) is 5.92 Å². The summed E-state index contributed by atoms with van der Waals surface area (Å²) in [5, 5.41) is 10.5. The van der Waals surface area contributed by atoms with Crippen LogP contribution in [0.15, 0.2) is 60.7 Å². The first kappa shape index (κ1) is 23.9. The number of benzene rings is 2. The van der Waals surface area contributed by atoms with Crippen molar-refractivity contribution in [3.05, 3.63) is 77.7 Å². The van der Waals surface area contributed by atoms with E-state index in [0.29, 0.717) is 18.3 Å². The van der Waals surface area contributed by atoms with Crippen LogP contribution in [0.5, 0.6) is 0 Å². The smallest absolute Gasteiger partial charge is 0.235 e. The number of hydrogen-bond acceptors (Lipinski definition) is 3. The van der Waals surface area contributed by atoms with Crippen molar-refractivity contribution in [3.63, 3.8) is 0 Å². The highest BCUT2D eigenvalue weighted by atomic mass is 32.2. The first-order chi connectivity index (χ1) is 15.0. The van der Waals surface area contributed by atoms with Crippen LogP contribution in [0.2, 0.25) is 0 Å². The molecule has 1 radical (unpaired) electrons. The van der Waals surface area contributed by atoms with Crippen LogP contribution < -0.4 is 0 Å². The fraction of sp³-hybridized carbons (Fsp3) is 0.481. The molecule has 1 aliphatic heterocycles. The number of hydrogen-bond donors (Lipinski definition) is 1. The molecular weight excluding hydrogens is 402 g/mol. The fourth-order valence-electron chi connectivity index (χ4n) is 5.12. The van der Waals surface area contributed by atoms with Crippen molar-refractivity contribution in [1.29, 1.82) is 0 Å². The van der Waals surface area contributed by atoms with E-state index >= 15 is 0 Å². The Morgan fingerprint density at radius 1 is 1.06 bits per heavy atom. The SMILES string of the molecule is CSCCC(CO)(C(=O)N1CCC(C([C](C)C)c2ccccc2)CC1)c1ccccc1. The number of piperidine rings is 1. The van der Waals surface area contributed by atoms with Gasteiger partial charge in [-0.15, -0.1) is 0 Å². The van der Waals surface area contributed by atoms with E-state index in [1.54, 1.807) is 11.8 Å². The molecular formula is C27H36NO2S. The number of carbonyl (C=O) groups is 1. The highest BCUT2D eigenvalue weighted by Crippen LogP contribution is 2.40. The number of rotatable bonds is 9. The summed E-state index contributed by atoms with van der Waals surface area (Å²) in [5.41, 5.74) is 1.46. The number of aliphatic hydroxyl groups is 1. The van der Waals surface area contributed by atoms with Gasteiger partial charge in [-0.1, -0.05) is 74.5 Å².